The first kappa shape index (κ1) is 48.1. The summed E-state index contributed by atoms with van der Waals surface area (Å²) in [6.07, 6.45) is 0. The first-order chi connectivity index (χ1) is 43.7. The Labute approximate surface area is 502 Å². The van der Waals surface area contributed by atoms with E-state index in [1.165, 1.54) is 0 Å². The van der Waals surface area contributed by atoms with Crippen LogP contribution in [0.25, 0.3) is 170 Å². The van der Waals surface area contributed by atoms with Crippen LogP contribution < -0.4 is 0 Å². The predicted octanol–water partition coefficient (Wildman–Crippen LogP) is 20.7. The van der Waals surface area contributed by atoms with E-state index in [1.54, 1.807) is 0 Å². The number of nitrogens with zero attached hydrogens (tertiary/aromatic N) is 8. The van der Waals surface area contributed by atoms with Gasteiger partial charge in [-0.3, -0.25) is 0 Å². The normalized spacial score (nSPS) is 12.1. The maximum atomic E-state index is 12.7. The third kappa shape index (κ3) is 6.34. The van der Waals surface area contributed by atoms with E-state index in [1.807, 2.05) is 0 Å². The van der Waals surface area contributed by atoms with Crippen molar-refractivity contribution < 1.29 is 0 Å². The van der Waals surface area contributed by atoms with Gasteiger partial charge in [0, 0.05) is 76.0 Å². The number of aromatic nitrogens is 6. The summed E-state index contributed by atoms with van der Waals surface area (Å²) >= 11 is 0. The molecule has 0 aliphatic rings. The molecule has 0 atom stereocenters. The quantitative estimate of drug-likeness (QED) is 0.153. The van der Waals surface area contributed by atoms with E-state index < -0.39 is 0 Å². The fraction of sp³-hybridized carbons (Fsp3) is 0. The van der Waals surface area contributed by atoms with Crippen molar-refractivity contribution in [2.24, 2.45) is 0 Å². The van der Waals surface area contributed by atoms with Gasteiger partial charge in [-0.15, -0.1) is 0 Å². The van der Waals surface area contributed by atoms with Gasteiger partial charge in [0.25, 0.3) is 0 Å². The molecular formula is C80H46N8. The van der Waals surface area contributed by atoms with Crippen LogP contribution in [0.5, 0.6) is 0 Å². The average molecular weight is 1120 g/mol. The van der Waals surface area contributed by atoms with Gasteiger partial charge in [-0.2, -0.15) is 5.26 Å². The molecule has 8 heteroatoms. The number of para-hydroxylation sites is 10. The molecule has 0 unspecified atom stereocenters. The number of hydrogen-bond acceptors (Lipinski definition) is 1. The highest BCUT2D eigenvalue weighted by Gasteiger charge is 2.35. The van der Waals surface area contributed by atoms with E-state index in [4.69, 9.17) is 4.85 Å². The summed E-state index contributed by atoms with van der Waals surface area (Å²) in [4.78, 5) is 4.78. The Bertz CT molecular complexity index is 5830. The van der Waals surface area contributed by atoms with E-state index in [0.29, 0.717) is 11.4 Å². The van der Waals surface area contributed by atoms with Crippen LogP contribution in [0.2, 0.25) is 0 Å². The SMILES string of the molecule is [C-]#[N+]c1c(C#N)c(-n2c3ccccc3c3cc4c5ccccc5n(-c5ccccc5)c4cc32)c(-n2c3ccccc3c3ccccc32)c(-n2c3ccccc3c3ccccc32)c1-n1c2ccccc2c2cc3c4ccccc4n(-c4ccccc4)c3cc21. The maximum absolute atomic E-state index is 12.7. The maximum Gasteiger partial charge on any atom is 0.232 e. The summed E-state index contributed by atoms with van der Waals surface area (Å²) in [6.45, 7) is 9.92. The number of hydrogen-bond donors (Lipinski definition) is 0. The molecule has 6 aromatic heterocycles. The van der Waals surface area contributed by atoms with Crippen molar-refractivity contribution in [3.8, 4) is 40.2 Å². The largest absolute Gasteiger partial charge is 0.317 e. The Morgan fingerprint density at radius 1 is 0.239 bits per heavy atom. The van der Waals surface area contributed by atoms with Crippen molar-refractivity contribution in [1.29, 1.82) is 5.26 Å². The zero-order valence-corrected chi connectivity index (χ0v) is 47.1. The van der Waals surface area contributed by atoms with Gasteiger partial charge in [0.15, 0.2) is 0 Å². The molecule has 6 heterocycles. The topological polar surface area (TPSA) is 57.7 Å². The van der Waals surface area contributed by atoms with Gasteiger partial charge >= 0.3 is 0 Å². The van der Waals surface area contributed by atoms with E-state index in [-0.39, 0.29) is 11.3 Å². The second kappa shape index (κ2) is 18.1. The molecule has 0 radical (unpaired) electrons. The van der Waals surface area contributed by atoms with Crippen molar-refractivity contribution in [3.63, 3.8) is 0 Å². The lowest BCUT2D eigenvalue weighted by Crippen LogP contribution is -2.15. The molecule has 19 aromatic rings. The van der Waals surface area contributed by atoms with Gasteiger partial charge in [0.1, 0.15) is 0 Å². The van der Waals surface area contributed by atoms with Crippen molar-refractivity contribution >= 4 is 137 Å². The van der Waals surface area contributed by atoms with Gasteiger partial charge in [0.05, 0.1) is 107 Å². The lowest BCUT2D eigenvalue weighted by molar-refractivity contribution is 1.02. The summed E-state index contributed by atoms with van der Waals surface area (Å²) in [7, 11) is 0. The number of rotatable bonds is 6. The highest BCUT2D eigenvalue weighted by molar-refractivity contribution is 6.23. The molecule has 0 saturated carbocycles. The van der Waals surface area contributed by atoms with Crippen LogP contribution >= 0.6 is 0 Å². The molecule has 0 N–H and O–H groups in total. The molecule has 406 valence electrons. The second-order valence-corrected chi connectivity index (χ2v) is 22.9. The monoisotopic (exact) mass is 1120 g/mol. The van der Waals surface area contributed by atoms with Crippen LogP contribution in [0, 0.1) is 17.9 Å². The first-order valence-electron chi connectivity index (χ1n) is 29.7. The average Bonchev–Trinajstić information content (AvgIpc) is 1.49. The first-order valence-corrected chi connectivity index (χ1v) is 29.7. The number of nitriles is 1. The third-order valence-corrected chi connectivity index (χ3v) is 18.6. The molecule has 13 aromatic carbocycles. The van der Waals surface area contributed by atoms with E-state index in [2.05, 4.69) is 313 Å². The van der Waals surface area contributed by atoms with E-state index >= 15 is 0 Å². The van der Waals surface area contributed by atoms with E-state index in [9.17, 15) is 11.8 Å². The smallest absolute Gasteiger partial charge is 0.232 e. The third-order valence-electron chi connectivity index (χ3n) is 18.6. The Morgan fingerprint density at radius 2 is 0.477 bits per heavy atom. The lowest BCUT2D eigenvalue weighted by Gasteiger charge is -2.28. The van der Waals surface area contributed by atoms with Crippen LogP contribution in [0.3, 0.4) is 0 Å². The molecular weight excluding hydrogens is 1070 g/mol. The zero-order chi connectivity index (χ0) is 57.9. The molecule has 0 spiro atoms. The summed E-state index contributed by atoms with van der Waals surface area (Å²) in [5.41, 5.74) is 17.0. The standard InChI is InChI=1S/C80H46N8/c1-82-76-63(48-81)77(87-70-42-22-14-34-57(70)61-44-59-55-32-12-16-36-64(55)83(72(59)46-74(61)87)49-24-4-2-5-25-49)79(85-66-38-18-8-28-51(66)52-29-9-19-39-67(52)85)80(86-68-40-20-10-30-53(68)54-31-11-21-41-69(54)86)78(76)88-71-43-23-15-35-58(71)62-45-60-56-33-13-17-37-65(56)84(73(60)47-75(62)88)50-26-6-3-7-27-50/h2-47H. The minimum atomic E-state index is 0.232. The fourth-order valence-electron chi connectivity index (χ4n) is 15.1. The molecule has 8 nitrogen and oxygen atoms in total. The van der Waals surface area contributed by atoms with Crippen LogP contribution in [0.1, 0.15) is 5.56 Å². The Balaban J connectivity index is 1.10. The summed E-state index contributed by atoms with van der Waals surface area (Å²) in [5.74, 6) is 0. The van der Waals surface area contributed by atoms with E-state index in [0.717, 1.165) is 154 Å². The Hall–Kier alpha value is -12.4. The van der Waals surface area contributed by atoms with Gasteiger partial charge in [-0.25, -0.2) is 4.85 Å². The fourth-order valence-corrected chi connectivity index (χ4v) is 15.1. The van der Waals surface area contributed by atoms with Crippen molar-refractivity contribution in [2.75, 3.05) is 0 Å². The predicted molar refractivity (Wildman–Crippen MR) is 363 cm³/mol. The molecule has 0 aliphatic heterocycles. The van der Waals surface area contributed by atoms with Gasteiger partial charge < -0.3 is 27.4 Å². The molecule has 0 saturated heterocycles. The van der Waals surface area contributed by atoms with Crippen LogP contribution in [0.15, 0.2) is 279 Å². The summed E-state index contributed by atoms with van der Waals surface area (Å²) in [6, 6.07) is 102. The molecule has 19 rings (SSSR count). The number of benzene rings is 13. The van der Waals surface area contributed by atoms with Gasteiger partial charge in [-0.05, 0) is 97.1 Å². The molecule has 0 amide bonds. The van der Waals surface area contributed by atoms with Crippen molar-refractivity contribution in [3.05, 3.63) is 296 Å². The summed E-state index contributed by atoms with van der Waals surface area (Å²) in [5, 5.41) is 25.6. The molecule has 0 aliphatic carbocycles. The Kier molecular flexibility index (Phi) is 9.87. The second-order valence-electron chi connectivity index (χ2n) is 22.9. The van der Waals surface area contributed by atoms with Crippen molar-refractivity contribution in [2.45, 2.75) is 0 Å². The summed E-state index contributed by atoms with van der Waals surface area (Å²) < 4.78 is 14.2. The van der Waals surface area contributed by atoms with Crippen LogP contribution in [0.4, 0.5) is 5.69 Å². The van der Waals surface area contributed by atoms with Crippen LogP contribution in [-0.4, -0.2) is 27.4 Å². The minimum absolute atomic E-state index is 0.232. The highest BCUT2D eigenvalue weighted by atomic mass is 15.2. The molecule has 0 fully saturated rings. The zero-order valence-electron chi connectivity index (χ0n) is 47.1. The van der Waals surface area contributed by atoms with Crippen LogP contribution in [-0.2, 0) is 0 Å². The van der Waals surface area contributed by atoms with Crippen molar-refractivity contribution in [1.82, 2.24) is 27.4 Å². The number of fused-ring (bicyclic) bond motifs is 18. The minimum Gasteiger partial charge on any atom is -0.317 e. The van der Waals surface area contributed by atoms with Gasteiger partial charge in [0.2, 0.25) is 5.69 Å². The van der Waals surface area contributed by atoms with Gasteiger partial charge in [-0.1, -0.05) is 182 Å². The highest BCUT2D eigenvalue weighted by Crippen LogP contribution is 2.53. The molecule has 0 bridgehead atoms. The Morgan fingerprint density at radius 3 is 0.784 bits per heavy atom. The lowest BCUT2D eigenvalue weighted by atomic mass is 10.0. The molecule has 88 heavy (non-hydrogen) atoms.